The first kappa shape index (κ1) is 8.14. The van der Waals surface area contributed by atoms with Gasteiger partial charge in [0, 0.05) is 11.8 Å². The second kappa shape index (κ2) is 3.50. The highest BCUT2D eigenvalue weighted by Gasteiger charge is 2.13. The summed E-state index contributed by atoms with van der Waals surface area (Å²) in [5, 5.41) is 0. The molecular weight excluding hydrogens is 166 g/mol. The van der Waals surface area contributed by atoms with Gasteiger partial charge in [0.05, 0.1) is 0 Å². The van der Waals surface area contributed by atoms with E-state index in [0.717, 1.165) is 5.75 Å². The van der Waals surface area contributed by atoms with Gasteiger partial charge in [-0.05, 0) is 23.3 Å². The van der Waals surface area contributed by atoms with Crippen molar-refractivity contribution in [2.45, 2.75) is 12.5 Å². The van der Waals surface area contributed by atoms with Crippen LogP contribution in [0.25, 0.3) is 0 Å². The van der Waals surface area contributed by atoms with Crippen LogP contribution in [0.4, 0.5) is 0 Å². The summed E-state index contributed by atoms with van der Waals surface area (Å²) in [6.45, 7) is 0. The first-order chi connectivity index (χ1) is 5.88. The maximum atomic E-state index is 6.03. The van der Waals surface area contributed by atoms with Crippen LogP contribution >= 0.6 is 11.8 Å². The van der Waals surface area contributed by atoms with Crippen molar-refractivity contribution in [3.05, 3.63) is 35.4 Å². The third kappa shape index (κ3) is 1.50. The molecule has 2 rings (SSSR count). The van der Waals surface area contributed by atoms with Gasteiger partial charge in [0.2, 0.25) is 0 Å². The molecule has 1 unspecified atom stereocenters. The molecule has 0 aliphatic carbocycles. The molecule has 0 amide bonds. The first-order valence-corrected chi connectivity index (χ1v) is 5.44. The minimum atomic E-state index is 0.244. The zero-order chi connectivity index (χ0) is 8.39. The highest BCUT2D eigenvalue weighted by molar-refractivity contribution is 7.99. The predicted molar refractivity (Wildman–Crippen MR) is 54.4 cm³/mol. The van der Waals surface area contributed by atoms with Crippen molar-refractivity contribution in [2.24, 2.45) is 5.73 Å². The number of aryl methyl sites for hydroxylation is 1. The Morgan fingerprint density at radius 2 is 2.17 bits per heavy atom. The Labute approximate surface area is 77.3 Å². The van der Waals surface area contributed by atoms with E-state index >= 15 is 0 Å². The molecule has 1 nitrogen and oxygen atoms in total. The van der Waals surface area contributed by atoms with Crippen LogP contribution in [0.2, 0.25) is 0 Å². The van der Waals surface area contributed by atoms with Gasteiger partial charge in [-0.2, -0.15) is 11.8 Å². The number of thioether (sulfide) groups is 1. The minimum Gasteiger partial charge on any atom is -0.323 e. The lowest BCUT2D eigenvalue weighted by atomic mass is 10.0. The van der Waals surface area contributed by atoms with E-state index in [1.54, 1.807) is 0 Å². The smallest absolute Gasteiger partial charge is 0.0389 e. The van der Waals surface area contributed by atoms with E-state index in [4.69, 9.17) is 5.73 Å². The molecule has 1 aliphatic rings. The number of benzene rings is 1. The second-order valence-electron chi connectivity index (χ2n) is 3.13. The van der Waals surface area contributed by atoms with Gasteiger partial charge in [-0.1, -0.05) is 24.3 Å². The number of hydrogen-bond donors (Lipinski definition) is 1. The lowest BCUT2D eigenvalue weighted by Crippen LogP contribution is -2.12. The molecular formula is C10H13NS. The van der Waals surface area contributed by atoms with E-state index in [-0.39, 0.29) is 6.04 Å². The summed E-state index contributed by atoms with van der Waals surface area (Å²) in [5.74, 6) is 2.28. The molecule has 1 aliphatic heterocycles. The quantitative estimate of drug-likeness (QED) is 0.659. The molecule has 2 heteroatoms. The molecule has 1 atom stereocenters. The molecule has 0 radical (unpaired) electrons. The highest BCUT2D eigenvalue weighted by atomic mass is 32.2. The van der Waals surface area contributed by atoms with Gasteiger partial charge < -0.3 is 5.73 Å². The fourth-order valence-electron chi connectivity index (χ4n) is 1.61. The third-order valence-corrected chi connectivity index (χ3v) is 3.36. The van der Waals surface area contributed by atoms with Crippen LogP contribution in [0.3, 0.4) is 0 Å². The number of hydrogen-bond acceptors (Lipinski definition) is 2. The van der Waals surface area contributed by atoms with Crippen molar-refractivity contribution in [1.29, 1.82) is 0 Å². The van der Waals surface area contributed by atoms with Gasteiger partial charge in [0.1, 0.15) is 0 Å². The van der Waals surface area contributed by atoms with Crippen molar-refractivity contribution in [1.82, 2.24) is 0 Å². The Morgan fingerprint density at radius 1 is 1.33 bits per heavy atom. The van der Waals surface area contributed by atoms with E-state index in [2.05, 4.69) is 24.3 Å². The minimum absolute atomic E-state index is 0.244. The van der Waals surface area contributed by atoms with Crippen LogP contribution in [0.15, 0.2) is 24.3 Å². The molecule has 12 heavy (non-hydrogen) atoms. The molecule has 0 aromatic heterocycles. The Balaban J connectivity index is 2.39. The molecule has 1 heterocycles. The van der Waals surface area contributed by atoms with E-state index in [0.29, 0.717) is 0 Å². The van der Waals surface area contributed by atoms with Gasteiger partial charge in [0.15, 0.2) is 0 Å². The molecule has 0 fully saturated rings. The van der Waals surface area contributed by atoms with Crippen LogP contribution in [-0.4, -0.2) is 11.5 Å². The van der Waals surface area contributed by atoms with Crippen molar-refractivity contribution in [2.75, 3.05) is 11.5 Å². The SMILES string of the molecule is NC1CSCCc2ccccc21. The molecule has 64 valence electrons. The van der Waals surface area contributed by atoms with Crippen molar-refractivity contribution in [3.63, 3.8) is 0 Å². The van der Waals surface area contributed by atoms with E-state index in [1.807, 2.05) is 11.8 Å². The van der Waals surface area contributed by atoms with Crippen LogP contribution in [-0.2, 0) is 6.42 Å². The zero-order valence-corrected chi connectivity index (χ0v) is 7.81. The Morgan fingerprint density at radius 3 is 3.08 bits per heavy atom. The van der Waals surface area contributed by atoms with Crippen molar-refractivity contribution >= 4 is 11.8 Å². The van der Waals surface area contributed by atoms with Gasteiger partial charge in [-0.3, -0.25) is 0 Å². The molecule has 0 spiro atoms. The average Bonchev–Trinajstić information content (AvgIpc) is 2.29. The largest absolute Gasteiger partial charge is 0.323 e. The summed E-state index contributed by atoms with van der Waals surface area (Å²) in [6, 6.07) is 8.78. The predicted octanol–water partition coefficient (Wildman–Crippen LogP) is 1.98. The maximum Gasteiger partial charge on any atom is 0.0389 e. The van der Waals surface area contributed by atoms with Gasteiger partial charge in [-0.25, -0.2) is 0 Å². The van der Waals surface area contributed by atoms with Gasteiger partial charge in [-0.15, -0.1) is 0 Å². The van der Waals surface area contributed by atoms with Crippen LogP contribution in [0.1, 0.15) is 17.2 Å². The summed E-state index contributed by atoms with van der Waals surface area (Å²) in [6.07, 6.45) is 1.18. The fourth-order valence-corrected chi connectivity index (χ4v) is 2.57. The average molecular weight is 179 g/mol. The summed E-state index contributed by atoms with van der Waals surface area (Å²) >= 11 is 1.96. The lowest BCUT2D eigenvalue weighted by molar-refractivity contribution is 0.824. The number of nitrogens with two attached hydrogens (primary N) is 1. The standard InChI is InChI=1S/C10H13NS/c11-10-7-12-6-5-8-3-1-2-4-9(8)10/h1-4,10H,5-7,11H2. The molecule has 0 saturated heterocycles. The lowest BCUT2D eigenvalue weighted by Gasteiger charge is -2.10. The zero-order valence-electron chi connectivity index (χ0n) is 6.99. The molecule has 2 N–H and O–H groups in total. The summed E-state index contributed by atoms with van der Waals surface area (Å²) in [7, 11) is 0. The van der Waals surface area contributed by atoms with E-state index in [1.165, 1.54) is 23.3 Å². The van der Waals surface area contributed by atoms with Gasteiger partial charge in [0.25, 0.3) is 0 Å². The third-order valence-electron chi connectivity index (χ3n) is 2.27. The maximum absolute atomic E-state index is 6.03. The topological polar surface area (TPSA) is 26.0 Å². The molecule has 1 aromatic carbocycles. The number of fused-ring (bicyclic) bond motifs is 1. The highest BCUT2D eigenvalue weighted by Crippen LogP contribution is 2.25. The summed E-state index contributed by atoms with van der Waals surface area (Å²) in [5.41, 5.74) is 8.81. The Hall–Kier alpha value is -0.470. The monoisotopic (exact) mass is 179 g/mol. The first-order valence-electron chi connectivity index (χ1n) is 4.29. The summed E-state index contributed by atoms with van der Waals surface area (Å²) in [4.78, 5) is 0. The second-order valence-corrected chi connectivity index (χ2v) is 4.28. The van der Waals surface area contributed by atoms with E-state index in [9.17, 15) is 0 Å². The van der Waals surface area contributed by atoms with Crippen molar-refractivity contribution in [3.8, 4) is 0 Å². The van der Waals surface area contributed by atoms with Crippen LogP contribution < -0.4 is 5.73 Å². The van der Waals surface area contributed by atoms with Crippen LogP contribution in [0, 0.1) is 0 Å². The molecule has 0 saturated carbocycles. The molecule has 1 aromatic rings. The van der Waals surface area contributed by atoms with E-state index < -0.39 is 0 Å². The molecule has 0 bridgehead atoms. The van der Waals surface area contributed by atoms with Gasteiger partial charge >= 0.3 is 0 Å². The number of rotatable bonds is 0. The Bertz CT molecular complexity index is 272. The fraction of sp³-hybridized carbons (Fsp3) is 0.400. The van der Waals surface area contributed by atoms with Crippen molar-refractivity contribution < 1.29 is 0 Å². The Kier molecular flexibility index (Phi) is 2.38. The van der Waals surface area contributed by atoms with Crippen LogP contribution in [0.5, 0.6) is 0 Å². The summed E-state index contributed by atoms with van der Waals surface area (Å²) < 4.78 is 0. The normalized spacial score (nSPS) is 22.9.